The van der Waals surface area contributed by atoms with Crippen molar-refractivity contribution in [2.24, 2.45) is 11.7 Å². The molecule has 7 nitrogen and oxygen atoms in total. The molecular weight excluding hydrogens is 392 g/mol. The Morgan fingerprint density at radius 1 is 1.16 bits per heavy atom. The van der Waals surface area contributed by atoms with Crippen molar-refractivity contribution >= 4 is 17.5 Å². The largest absolute Gasteiger partial charge is 0.487 e. The molecule has 162 valence electrons. The minimum atomic E-state index is -0.280. The number of rotatable bonds is 7. The van der Waals surface area contributed by atoms with Gasteiger partial charge in [0.1, 0.15) is 18.0 Å². The maximum absolute atomic E-state index is 12.9. The molecule has 1 aromatic carbocycles. The molecule has 1 atom stereocenters. The molecule has 0 spiro atoms. The number of piperidine rings is 1. The van der Waals surface area contributed by atoms with E-state index in [2.05, 4.69) is 4.98 Å². The Labute approximate surface area is 181 Å². The molecule has 0 radical (unpaired) electrons. The number of aromatic nitrogens is 2. The van der Waals surface area contributed by atoms with Gasteiger partial charge >= 0.3 is 0 Å². The number of benzene rings is 1. The van der Waals surface area contributed by atoms with Crippen LogP contribution < -0.4 is 10.5 Å². The summed E-state index contributed by atoms with van der Waals surface area (Å²) < 4.78 is 7.85. The van der Waals surface area contributed by atoms with Gasteiger partial charge in [-0.2, -0.15) is 0 Å². The van der Waals surface area contributed by atoms with E-state index in [-0.39, 0.29) is 11.8 Å². The number of imidazole rings is 1. The monoisotopic (exact) mass is 420 g/mol. The second kappa shape index (κ2) is 9.20. The molecule has 2 N–H and O–H groups in total. The van der Waals surface area contributed by atoms with Gasteiger partial charge < -0.3 is 19.8 Å². The van der Waals surface area contributed by atoms with Gasteiger partial charge in [0.15, 0.2) is 0 Å². The van der Waals surface area contributed by atoms with E-state index < -0.39 is 0 Å². The number of likely N-dealkylation sites (tertiary alicyclic amines) is 1. The molecule has 1 unspecified atom stereocenters. The summed E-state index contributed by atoms with van der Waals surface area (Å²) in [5.74, 6) is 0.772. The van der Waals surface area contributed by atoms with E-state index in [0.29, 0.717) is 36.8 Å². The van der Waals surface area contributed by atoms with Gasteiger partial charge in [-0.1, -0.05) is 6.07 Å². The van der Waals surface area contributed by atoms with Crippen LogP contribution in [0.2, 0.25) is 0 Å². The summed E-state index contributed by atoms with van der Waals surface area (Å²) in [5.41, 5.74) is 8.81. The smallest absolute Gasteiger partial charge is 0.253 e. The fourth-order valence-electron chi connectivity index (χ4n) is 4.09. The van der Waals surface area contributed by atoms with Crippen LogP contribution in [0.15, 0.2) is 48.8 Å². The van der Waals surface area contributed by atoms with E-state index >= 15 is 0 Å². The minimum Gasteiger partial charge on any atom is -0.487 e. The van der Waals surface area contributed by atoms with Crippen LogP contribution in [0.25, 0.3) is 5.65 Å². The molecule has 3 aromatic rings. The summed E-state index contributed by atoms with van der Waals surface area (Å²) in [7, 11) is 0. The van der Waals surface area contributed by atoms with Crippen molar-refractivity contribution in [1.82, 2.24) is 14.3 Å². The van der Waals surface area contributed by atoms with Gasteiger partial charge in [-0.15, -0.1) is 0 Å². The number of nitrogens with zero attached hydrogens (tertiary/aromatic N) is 3. The van der Waals surface area contributed by atoms with E-state index in [1.54, 1.807) is 12.1 Å². The summed E-state index contributed by atoms with van der Waals surface area (Å²) in [4.78, 5) is 30.4. The number of fused-ring (bicyclic) bond motifs is 1. The first-order valence-electron chi connectivity index (χ1n) is 10.7. The number of carbonyl (C=O) groups is 2. The summed E-state index contributed by atoms with van der Waals surface area (Å²) >= 11 is 0. The van der Waals surface area contributed by atoms with E-state index in [0.717, 1.165) is 37.1 Å². The number of hydrogen-bond donors (Lipinski definition) is 1. The number of ether oxygens (including phenoxy) is 1. The van der Waals surface area contributed by atoms with Crippen LogP contribution in [0.5, 0.6) is 5.75 Å². The lowest BCUT2D eigenvalue weighted by Crippen LogP contribution is -2.40. The van der Waals surface area contributed by atoms with Gasteiger partial charge in [0, 0.05) is 37.5 Å². The van der Waals surface area contributed by atoms with Gasteiger partial charge in [0.05, 0.1) is 5.69 Å². The Balaban J connectivity index is 1.33. The molecule has 31 heavy (non-hydrogen) atoms. The molecule has 1 aliphatic heterocycles. The lowest BCUT2D eigenvalue weighted by Gasteiger charge is -2.32. The lowest BCUT2D eigenvalue weighted by atomic mass is 9.93. The molecule has 2 aromatic heterocycles. The minimum absolute atomic E-state index is 0.0195. The van der Waals surface area contributed by atoms with E-state index in [1.165, 1.54) is 5.56 Å². The average molecular weight is 421 g/mol. The molecule has 4 rings (SSSR count). The summed E-state index contributed by atoms with van der Waals surface area (Å²) in [6.07, 6.45) is 7.11. The predicted molar refractivity (Wildman–Crippen MR) is 118 cm³/mol. The third-order valence-corrected chi connectivity index (χ3v) is 5.74. The second-order valence-electron chi connectivity index (χ2n) is 8.28. The predicted octanol–water partition coefficient (Wildman–Crippen LogP) is 3.34. The number of carbonyl (C=O) groups excluding carboxylic acids is 2. The maximum atomic E-state index is 12.9. The van der Waals surface area contributed by atoms with Gasteiger partial charge in [0.25, 0.3) is 5.91 Å². The van der Waals surface area contributed by atoms with Crippen LogP contribution in [0.4, 0.5) is 0 Å². The first kappa shape index (κ1) is 20.9. The van der Waals surface area contributed by atoms with Crippen molar-refractivity contribution in [1.29, 1.82) is 0 Å². The molecule has 2 amide bonds. The zero-order chi connectivity index (χ0) is 21.8. The fraction of sp³-hybridized carbons (Fsp3) is 0.375. The Morgan fingerprint density at radius 2 is 1.97 bits per heavy atom. The molecule has 0 saturated carbocycles. The van der Waals surface area contributed by atoms with Crippen LogP contribution in [0.3, 0.4) is 0 Å². The highest BCUT2D eigenvalue weighted by atomic mass is 16.5. The molecule has 1 saturated heterocycles. The second-order valence-corrected chi connectivity index (χ2v) is 8.28. The maximum Gasteiger partial charge on any atom is 0.253 e. The summed E-state index contributed by atoms with van der Waals surface area (Å²) in [5, 5.41) is 0. The van der Waals surface area contributed by atoms with Crippen LogP contribution in [0, 0.1) is 12.8 Å². The number of pyridine rings is 1. The quantitative estimate of drug-likeness (QED) is 0.635. The number of hydrogen-bond acceptors (Lipinski definition) is 4. The highest BCUT2D eigenvalue weighted by Gasteiger charge is 2.24. The van der Waals surface area contributed by atoms with Crippen molar-refractivity contribution in [3.05, 3.63) is 65.6 Å². The van der Waals surface area contributed by atoms with E-state index in [4.69, 9.17) is 10.5 Å². The van der Waals surface area contributed by atoms with Crippen LogP contribution in [-0.2, 0) is 11.4 Å². The molecule has 1 aliphatic rings. The van der Waals surface area contributed by atoms with Crippen molar-refractivity contribution in [3.8, 4) is 5.75 Å². The highest BCUT2D eigenvalue weighted by Crippen LogP contribution is 2.23. The standard InChI is InChI=1S/C24H28N4O3/c1-17-4-11-23-26-20(15-28(23)13-17)16-31-21-8-6-19(7-9-21)24(30)27-12-2-3-18(14-27)5-10-22(25)29/h4,6-9,11,13,15,18H,2-3,5,10,12,14,16H2,1H3,(H2,25,29). The van der Waals surface area contributed by atoms with Crippen LogP contribution in [0.1, 0.15) is 47.3 Å². The zero-order valence-electron chi connectivity index (χ0n) is 17.8. The number of primary amides is 1. The van der Waals surface area contributed by atoms with Crippen molar-refractivity contribution in [2.45, 2.75) is 39.2 Å². The average Bonchev–Trinajstić information content (AvgIpc) is 3.18. The molecular formula is C24H28N4O3. The van der Waals surface area contributed by atoms with E-state index in [1.807, 2.05) is 52.9 Å². The lowest BCUT2D eigenvalue weighted by molar-refractivity contribution is -0.118. The first-order valence-corrected chi connectivity index (χ1v) is 10.7. The van der Waals surface area contributed by atoms with Gasteiger partial charge in [-0.25, -0.2) is 4.98 Å². The van der Waals surface area contributed by atoms with Crippen LogP contribution >= 0.6 is 0 Å². The number of amides is 2. The third kappa shape index (κ3) is 5.23. The third-order valence-electron chi connectivity index (χ3n) is 5.74. The molecule has 0 bridgehead atoms. The molecule has 1 fully saturated rings. The van der Waals surface area contributed by atoms with Gasteiger partial charge in [-0.3, -0.25) is 9.59 Å². The molecule has 3 heterocycles. The van der Waals surface area contributed by atoms with Gasteiger partial charge in [0.2, 0.25) is 5.91 Å². The molecule has 7 heteroatoms. The normalized spacial score (nSPS) is 16.4. The first-order chi connectivity index (χ1) is 15.0. The SMILES string of the molecule is Cc1ccc2nc(COc3ccc(C(=O)N4CCCC(CCC(N)=O)C4)cc3)cn2c1. The summed E-state index contributed by atoms with van der Waals surface area (Å²) in [6, 6.07) is 11.3. The Morgan fingerprint density at radius 3 is 2.74 bits per heavy atom. The van der Waals surface area contributed by atoms with E-state index in [9.17, 15) is 9.59 Å². The van der Waals surface area contributed by atoms with Crippen molar-refractivity contribution in [3.63, 3.8) is 0 Å². The Kier molecular flexibility index (Phi) is 6.21. The topological polar surface area (TPSA) is 89.9 Å². The Bertz CT molecular complexity index is 1070. The fourth-order valence-corrected chi connectivity index (χ4v) is 4.09. The van der Waals surface area contributed by atoms with Crippen molar-refractivity contribution < 1.29 is 14.3 Å². The number of nitrogens with two attached hydrogens (primary N) is 1. The Hall–Kier alpha value is -3.35. The molecule has 0 aliphatic carbocycles. The van der Waals surface area contributed by atoms with Gasteiger partial charge in [-0.05, 0) is 68.0 Å². The van der Waals surface area contributed by atoms with Crippen molar-refractivity contribution in [2.75, 3.05) is 13.1 Å². The zero-order valence-corrected chi connectivity index (χ0v) is 17.8. The highest BCUT2D eigenvalue weighted by molar-refractivity contribution is 5.94. The number of aryl methyl sites for hydroxylation is 1. The summed E-state index contributed by atoms with van der Waals surface area (Å²) in [6.45, 7) is 3.83. The van der Waals surface area contributed by atoms with Crippen LogP contribution in [-0.4, -0.2) is 39.2 Å².